The highest BCUT2D eigenvalue weighted by atomic mass is 31.2. The molecule has 0 radical (unpaired) electrons. The summed E-state index contributed by atoms with van der Waals surface area (Å²) in [5.74, 6) is -1.10. The number of unbranched alkanes of at least 4 members (excludes halogenated alkanes) is 31. The van der Waals surface area contributed by atoms with Crippen molar-refractivity contribution in [2.45, 2.75) is 288 Å². The lowest BCUT2D eigenvalue weighted by atomic mass is 9.85. The van der Waals surface area contributed by atoms with Crippen LogP contribution in [0.5, 0.6) is 0 Å². The number of aliphatic hydroxyl groups is 5. The number of carbonyl (C=O) groups excluding carboxylic acids is 2. The Morgan fingerprint density at radius 3 is 1.18 bits per heavy atom. The van der Waals surface area contributed by atoms with Crippen LogP contribution in [0.25, 0.3) is 0 Å². The molecule has 384 valence electrons. The molecule has 1 rings (SSSR count). The van der Waals surface area contributed by atoms with Crippen molar-refractivity contribution in [3.05, 3.63) is 12.2 Å². The number of hydrogen-bond donors (Lipinski definition) is 6. The van der Waals surface area contributed by atoms with E-state index in [9.17, 15) is 44.6 Å². The van der Waals surface area contributed by atoms with E-state index in [4.69, 9.17) is 18.5 Å². The molecular weight excluding hydrogens is 852 g/mol. The fraction of sp³-hybridized carbons (Fsp3) is 0.922. The second kappa shape index (κ2) is 41.6. The van der Waals surface area contributed by atoms with E-state index in [1.165, 1.54) is 161 Å². The van der Waals surface area contributed by atoms with Crippen LogP contribution in [0.1, 0.15) is 245 Å². The second-order valence-electron chi connectivity index (χ2n) is 18.7. The molecule has 1 fully saturated rings. The molecule has 0 amide bonds. The Labute approximate surface area is 394 Å². The Kier molecular flexibility index (Phi) is 39.4. The average Bonchev–Trinajstić information content (AvgIpc) is 3.29. The van der Waals surface area contributed by atoms with Gasteiger partial charge in [-0.05, 0) is 38.5 Å². The lowest BCUT2D eigenvalue weighted by Crippen LogP contribution is -2.64. The SMILES string of the molecule is CCCCCCCC/C=C/CCCCCC(=O)OC[C@H](COP(=O)(O)OC1C(O)C(O)C(O)[C@@H](O)C1O)OC(=O)CCCCCCCCCCCCCCCCCCCCCCCCC. The van der Waals surface area contributed by atoms with Crippen molar-refractivity contribution in [3.8, 4) is 0 Å². The quantitative estimate of drug-likeness (QED) is 0.0145. The van der Waals surface area contributed by atoms with Crippen molar-refractivity contribution in [3.63, 3.8) is 0 Å². The third-order valence-corrected chi connectivity index (χ3v) is 13.6. The molecule has 1 aliphatic rings. The van der Waals surface area contributed by atoms with Crippen LogP contribution in [0.3, 0.4) is 0 Å². The number of rotatable bonds is 45. The molecule has 14 heteroatoms. The van der Waals surface area contributed by atoms with Gasteiger partial charge in [0.2, 0.25) is 0 Å². The van der Waals surface area contributed by atoms with E-state index in [2.05, 4.69) is 26.0 Å². The van der Waals surface area contributed by atoms with Crippen LogP contribution in [-0.4, -0.2) is 98.3 Å². The van der Waals surface area contributed by atoms with Gasteiger partial charge in [-0.15, -0.1) is 0 Å². The Balaban J connectivity index is 2.34. The van der Waals surface area contributed by atoms with Crippen molar-refractivity contribution in [2.24, 2.45) is 0 Å². The summed E-state index contributed by atoms with van der Waals surface area (Å²) in [5, 5.41) is 50.2. The first-order valence-corrected chi connectivity index (χ1v) is 28.0. The van der Waals surface area contributed by atoms with Gasteiger partial charge in [-0.1, -0.05) is 206 Å². The van der Waals surface area contributed by atoms with Crippen LogP contribution in [0, 0.1) is 0 Å². The molecule has 0 aliphatic heterocycles. The number of esters is 2. The fourth-order valence-corrected chi connectivity index (χ4v) is 9.32. The van der Waals surface area contributed by atoms with Gasteiger partial charge in [-0.2, -0.15) is 0 Å². The van der Waals surface area contributed by atoms with Gasteiger partial charge in [-0.3, -0.25) is 18.6 Å². The molecule has 0 aromatic carbocycles. The normalized spacial score (nSPS) is 21.4. The number of phosphoric ester groups is 1. The molecule has 0 saturated heterocycles. The minimum absolute atomic E-state index is 0.100. The second-order valence-corrected chi connectivity index (χ2v) is 20.1. The predicted octanol–water partition coefficient (Wildman–Crippen LogP) is 11.4. The Morgan fingerprint density at radius 1 is 0.462 bits per heavy atom. The van der Waals surface area contributed by atoms with Crippen LogP contribution in [0.2, 0.25) is 0 Å². The van der Waals surface area contributed by atoms with Crippen LogP contribution in [0.4, 0.5) is 0 Å². The highest BCUT2D eigenvalue weighted by molar-refractivity contribution is 7.47. The van der Waals surface area contributed by atoms with E-state index < -0.39 is 75.7 Å². The van der Waals surface area contributed by atoms with E-state index >= 15 is 0 Å². The molecule has 0 spiro atoms. The molecule has 1 saturated carbocycles. The average molecular weight is 949 g/mol. The molecule has 0 aromatic rings. The third kappa shape index (κ3) is 33.7. The van der Waals surface area contributed by atoms with Gasteiger partial charge >= 0.3 is 19.8 Å². The van der Waals surface area contributed by atoms with Gasteiger partial charge in [0.05, 0.1) is 6.61 Å². The number of carbonyl (C=O) groups is 2. The first-order chi connectivity index (χ1) is 31.4. The Morgan fingerprint density at radius 2 is 0.785 bits per heavy atom. The molecule has 13 nitrogen and oxygen atoms in total. The molecular formula is C51H97O13P. The van der Waals surface area contributed by atoms with Gasteiger partial charge < -0.3 is 39.9 Å². The first kappa shape index (κ1) is 61.6. The number of ether oxygens (including phenoxy) is 2. The zero-order valence-corrected chi connectivity index (χ0v) is 41.9. The maximum Gasteiger partial charge on any atom is 0.472 e. The fourth-order valence-electron chi connectivity index (χ4n) is 8.34. The van der Waals surface area contributed by atoms with Crippen molar-refractivity contribution in [1.29, 1.82) is 0 Å². The number of allylic oxidation sites excluding steroid dienone is 2. The summed E-state index contributed by atoms with van der Waals surface area (Å²) in [5.41, 5.74) is 0. The molecule has 6 N–H and O–H groups in total. The molecule has 8 atom stereocenters. The summed E-state index contributed by atoms with van der Waals surface area (Å²) in [6.07, 6.45) is 32.7. The maximum atomic E-state index is 12.8. The molecule has 65 heavy (non-hydrogen) atoms. The van der Waals surface area contributed by atoms with E-state index in [-0.39, 0.29) is 12.8 Å². The predicted molar refractivity (Wildman–Crippen MR) is 258 cm³/mol. The van der Waals surface area contributed by atoms with E-state index in [1.54, 1.807) is 0 Å². The minimum Gasteiger partial charge on any atom is -0.462 e. The largest absolute Gasteiger partial charge is 0.472 e. The summed E-state index contributed by atoms with van der Waals surface area (Å²) in [4.78, 5) is 35.8. The van der Waals surface area contributed by atoms with Crippen molar-refractivity contribution in [2.75, 3.05) is 13.2 Å². The van der Waals surface area contributed by atoms with Crippen LogP contribution in [-0.2, 0) is 32.7 Å². The minimum atomic E-state index is -5.12. The Hall–Kier alpha value is -1.41. The zero-order valence-electron chi connectivity index (χ0n) is 41.1. The smallest absolute Gasteiger partial charge is 0.462 e. The van der Waals surface area contributed by atoms with E-state index in [0.717, 1.165) is 44.9 Å². The Bertz CT molecular complexity index is 1190. The molecule has 0 aromatic heterocycles. The van der Waals surface area contributed by atoms with Gasteiger partial charge in [0.15, 0.2) is 6.10 Å². The summed E-state index contributed by atoms with van der Waals surface area (Å²) in [6, 6.07) is 0. The van der Waals surface area contributed by atoms with Crippen LogP contribution < -0.4 is 0 Å². The van der Waals surface area contributed by atoms with Crippen LogP contribution >= 0.6 is 7.82 Å². The number of hydrogen-bond acceptors (Lipinski definition) is 12. The van der Waals surface area contributed by atoms with Crippen molar-refractivity contribution >= 4 is 19.8 Å². The molecule has 0 bridgehead atoms. The topological polar surface area (TPSA) is 210 Å². The van der Waals surface area contributed by atoms with Gasteiger partial charge in [0.25, 0.3) is 0 Å². The van der Waals surface area contributed by atoms with Gasteiger partial charge in [0.1, 0.15) is 43.2 Å². The van der Waals surface area contributed by atoms with Crippen LogP contribution in [0.15, 0.2) is 12.2 Å². The number of phosphoric acid groups is 1. The maximum absolute atomic E-state index is 12.8. The summed E-state index contributed by atoms with van der Waals surface area (Å²) >= 11 is 0. The van der Waals surface area contributed by atoms with E-state index in [0.29, 0.717) is 12.8 Å². The summed E-state index contributed by atoms with van der Waals surface area (Å²) in [6.45, 7) is 3.32. The molecule has 0 heterocycles. The monoisotopic (exact) mass is 949 g/mol. The highest BCUT2D eigenvalue weighted by Crippen LogP contribution is 2.47. The lowest BCUT2D eigenvalue weighted by Gasteiger charge is -2.41. The van der Waals surface area contributed by atoms with Gasteiger partial charge in [-0.25, -0.2) is 4.57 Å². The molecule has 1 aliphatic carbocycles. The van der Waals surface area contributed by atoms with Crippen molar-refractivity contribution < 1.29 is 63.1 Å². The van der Waals surface area contributed by atoms with Gasteiger partial charge in [0, 0.05) is 12.8 Å². The standard InChI is InChI=1S/C51H97O13P/c1-3-5-7-9-11-13-15-17-18-19-20-21-22-23-24-25-26-28-30-32-34-36-38-40-45(53)63-43(42-62-65(59,60)64-51-49(57)47(55)46(54)48(56)50(51)58)41-61-44(52)39-37-35-33-31-29-27-16-14-12-10-8-6-4-2/h27,29,43,46-51,54-58H,3-26,28,30-42H2,1-2H3,(H,59,60)/b29-27+/t43-,46?,47-,48?,49?,50?,51?/m1/s1. The molecule has 6 unspecified atom stereocenters. The third-order valence-electron chi connectivity index (χ3n) is 12.6. The summed E-state index contributed by atoms with van der Waals surface area (Å²) in [7, 11) is -5.12. The van der Waals surface area contributed by atoms with Crippen molar-refractivity contribution in [1.82, 2.24) is 0 Å². The lowest BCUT2D eigenvalue weighted by molar-refractivity contribution is -0.220. The first-order valence-electron chi connectivity index (χ1n) is 26.5. The number of aliphatic hydroxyl groups excluding tert-OH is 5. The highest BCUT2D eigenvalue weighted by Gasteiger charge is 2.51. The zero-order chi connectivity index (χ0) is 47.8. The van der Waals surface area contributed by atoms with E-state index in [1.807, 2.05) is 0 Å². The summed E-state index contributed by atoms with van der Waals surface area (Å²) < 4.78 is 33.6.